The SMILES string of the molecule is COc1ccc(CNCC(=O)Nc2ccccc2Cl)cn1. The fourth-order valence-corrected chi connectivity index (χ4v) is 1.90. The number of carbonyl (C=O) groups excluding carboxylic acids is 1. The van der Waals surface area contributed by atoms with Gasteiger partial charge in [0.2, 0.25) is 11.8 Å². The van der Waals surface area contributed by atoms with Gasteiger partial charge in [-0.2, -0.15) is 0 Å². The fourth-order valence-electron chi connectivity index (χ4n) is 1.71. The number of halogens is 1. The molecule has 0 saturated carbocycles. The fraction of sp³-hybridized carbons (Fsp3) is 0.200. The number of ether oxygens (including phenoxy) is 1. The molecule has 0 atom stereocenters. The first-order valence-corrected chi connectivity index (χ1v) is 6.81. The van der Waals surface area contributed by atoms with Crippen LogP contribution in [0.15, 0.2) is 42.6 Å². The van der Waals surface area contributed by atoms with E-state index in [2.05, 4.69) is 15.6 Å². The van der Waals surface area contributed by atoms with Crippen LogP contribution >= 0.6 is 11.6 Å². The number of nitrogens with zero attached hydrogens (tertiary/aromatic N) is 1. The number of amides is 1. The molecule has 0 aliphatic heterocycles. The van der Waals surface area contributed by atoms with Crippen LogP contribution in [0.5, 0.6) is 5.88 Å². The second kappa shape index (κ2) is 7.61. The molecule has 21 heavy (non-hydrogen) atoms. The Balaban J connectivity index is 1.77. The Hall–Kier alpha value is -2.11. The van der Waals surface area contributed by atoms with Crippen molar-refractivity contribution >= 4 is 23.2 Å². The molecule has 6 heteroatoms. The zero-order valence-corrected chi connectivity index (χ0v) is 12.4. The Bertz CT molecular complexity index is 602. The summed E-state index contributed by atoms with van der Waals surface area (Å²) in [5.41, 5.74) is 1.58. The molecule has 0 unspecified atom stereocenters. The molecule has 0 saturated heterocycles. The third-order valence-corrected chi connectivity index (χ3v) is 3.10. The summed E-state index contributed by atoms with van der Waals surface area (Å²) in [5.74, 6) is 0.416. The average molecular weight is 306 g/mol. The summed E-state index contributed by atoms with van der Waals surface area (Å²) in [7, 11) is 1.57. The maximum absolute atomic E-state index is 11.8. The first-order valence-electron chi connectivity index (χ1n) is 6.43. The van der Waals surface area contributed by atoms with Crippen molar-refractivity contribution in [2.75, 3.05) is 19.0 Å². The molecule has 1 aromatic heterocycles. The van der Waals surface area contributed by atoms with Gasteiger partial charge in [0, 0.05) is 18.8 Å². The summed E-state index contributed by atoms with van der Waals surface area (Å²) < 4.78 is 4.98. The molecular weight excluding hydrogens is 290 g/mol. The van der Waals surface area contributed by atoms with E-state index in [4.69, 9.17) is 16.3 Å². The molecule has 0 radical (unpaired) electrons. The third kappa shape index (κ3) is 4.73. The molecule has 110 valence electrons. The van der Waals surface area contributed by atoms with Gasteiger partial charge in [-0.15, -0.1) is 0 Å². The summed E-state index contributed by atoms with van der Waals surface area (Å²) in [6.45, 7) is 0.740. The zero-order chi connectivity index (χ0) is 15.1. The highest BCUT2D eigenvalue weighted by Crippen LogP contribution is 2.19. The number of nitrogens with one attached hydrogen (secondary N) is 2. The first-order chi connectivity index (χ1) is 10.2. The number of aromatic nitrogens is 1. The van der Waals surface area contributed by atoms with E-state index in [1.807, 2.05) is 18.2 Å². The molecule has 0 aliphatic rings. The lowest BCUT2D eigenvalue weighted by Crippen LogP contribution is -2.27. The molecule has 1 heterocycles. The van der Waals surface area contributed by atoms with Gasteiger partial charge in [0.1, 0.15) is 0 Å². The third-order valence-electron chi connectivity index (χ3n) is 2.77. The minimum atomic E-state index is -0.149. The summed E-state index contributed by atoms with van der Waals surface area (Å²) in [5, 5.41) is 6.31. The first kappa shape index (κ1) is 15.3. The van der Waals surface area contributed by atoms with Crippen LogP contribution in [0.2, 0.25) is 5.02 Å². The topological polar surface area (TPSA) is 63.2 Å². The summed E-state index contributed by atoms with van der Waals surface area (Å²) in [6, 6.07) is 10.8. The number of methoxy groups -OCH3 is 1. The van der Waals surface area contributed by atoms with Crippen LogP contribution in [0, 0.1) is 0 Å². The molecule has 2 aromatic rings. The molecule has 0 bridgehead atoms. The Morgan fingerprint density at radius 2 is 2.10 bits per heavy atom. The van der Waals surface area contributed by atoms with Crippen molar-refractivity contribution in [2.24, 2.45) is 0 Å². The molecule has 1 amide bonds. The van der Waals surface area contributed by atoms with Crippen molar-refractivity contribution in [3.63, 3.8) is 0 Å². The van der Waals surface area contributed by atoms with E-state index >= 15 is 0 Å². The van der Waals surface area contributed by atoms with Gasteiger partial charge in [-0.3, -0.25) is 4.79 Å². The average Bonchev–Trinajstić information content (AvgIpc) is 2.50. The monoisotopic (exact) mass is 305 g/mol. The van der Waals surface area contributed by atoms with Crippen molar-refractivity contribution in [3.05, 3.63) is 53.2 Å². The number of hydrogen-bond acceptors (Lipinski definition) is 4. The summed E-state index contributed by atoms with van der Waals surface area (Å²) in [4.78, 5) is 15.9. The quantitative estimate of drug-likeness (QED) is 0.860. The Morgan fingerprint density at radius 1 is 1.29 bits per heavy atom. The minimum absolute atomic E-state index is 0.149. The van der Waals surface area contributed by atoms with Crippen LogP contribution in [0.3, 0.4) is 0 Å². The van der Waals surface area contributed by atoms with E-state index in [1.165, 1.54) is 0 Å². The van der Waals surface area contributed by atoms with Crippen LogP contribution in [0.4, 0.5) is 5.69 Å². The summed E-state index contributed by atoms with van der Waals surface area (Å²) in [6.07, 6.45) is 1.71. The molecule has 0 aliphatic carbocycles. The van der Waals surface area contributed by atoms with Gasteiger partial charge < -0.3 is 15.4 Å². The van der Waals surface area contributed by atoms with E-state index in [9.17, 15) is 4.79 Å². The number of rotatable bonds is 6. The van der Waals surface area contributed by atoms with Gasteiger partial charge in [-0.05, 0) is 17.7 Å². The van der Waals surface area contributed by atoms with Gasteiger partial charge in [0.25, 0.3) is 0 Å². The maximum Gasteiger partial charge on any atom is 0.238 e. The van der Waals surface area contributed by atoms with Crippen LogP contribution < -0.4 is 15.4 Å². The van der Waals surface area contributed by atoms with Gasteiger partial charge in [0.05, 0.1) is 24.4 Å². The smallest absolute Gasteiger partial charge is 0.238 e. The van der Waals surface area contributed by atoms with Crippen LogP contribution in [0.25, 0.3) is 0 Å². The zero-order valence-electron chi connectivity index (χ0n) is 11.6. The lowest BCUT2D eigenvalue weighted by atomic mass is 10.3. The van der Waals surface area contributed by atoms with E-state index < -0.39 is 0 Å². The van der Waals surface area contributed by atoms with Gasteiger partial charge >= 0.3 is 0 Å². The van der Waals surface area contributed by atoms with Crippen LogP contribution in [0.1, 0.15) is 5.56 Å². The second-order valence-electron chi connectivity index (χ2n) is 4.34. The normalized spacial score (nSPS) is 10.2. The van der Waals surface area contributed by atoms with Crippen LogP contribution in [-0.2, 0) is 11.3 Å². The lowest BCUT2D eigenvalue weighted by Gasteiger charge is -2.08. The number of carbonyl (C=O) groups is 1. The number of benzene rings is 1. The number of anilines is 1. The highest BCUT2D eigenvalue weighted by molar-refractivity contribution is 6.33. The Kier molecular flexibility index (Phi) is 5.54. The van der Waals surface area contributed by atoms with Crippen molar-refractivity contribution in [1.29, 1.82) is 0 Å². The number of hydrogen-bond donors (Lipinski definition) is 2. The van der Waals surface area contributed by atoms with Crippen molar-refractivity contribution in [1.82, 2.24) is 10.3 Å². The Morgan fingerprint density at radius 3 is 2.76 bits per heavy atom. The number of para-hydroxylation sites is 1. The second-order valence-corrected chi connectivity index (χ2v) is 4.75. The van der Waals surface area contributed by atoms with Crippen molar-refractivity contribution in [3.8, 4) is 5.88 Å². The molecule has 5 nitrogen and oxygen atoms in total. The van der Waals surface area contributed by atoms with E-state index in [1.54, 1.807) is 31.5 Å². The standard InChI is InChI=1S/C15H16ClN3O2/c1-21-15-7-6-11(9-18-15)8-17-10-14(20)19-13-5-3-2-4-12(13)16/h2-7,9,17H,8,10H2,1H3,(H,19,20). The molecule has 0 fully saturated rings. The highest BCUT2D eigenvalue weighted by Gasteiger charge is 2.05. The highest BCUT2D eigenvalue weighted by atomic mass is 35.5. The predicted octanol–water partition coefficient (Wildman–Crippen LogP) is 2.47. The van der Waals surface area contributed by atoms with Gasteiger partial charge in [-0.1, -0.05) is 29.8 Å². The number of pyridine rings is 1. The minimum Gasteiger partial charge on any atom is -0.481 e. The summed E-state index contributed by atoms with van der Waals surface area (Å²) >= 11 is 5.97. The van der Waals surface area contributed by atoms with E-state index in [0.717, 1.165) is 5.56 Å². The molecular formula is C15H16ClN3O2. The van der Waals surface area contributed by atoms with Gasteiger partial charge in [0.15, 0.2) is 0 Å². The molecule has 0 spiro atoms. The van der Waals surface area contributed by atoms with Crippen LogP contribution in [-0.4, -0.2) is 24.5 Å². The molecule has 1 aromatic carbocycles. The predicted molar refractivity (Wildman–Crippen MR) is 82.6 cm³/mol. The van der Waals surface area contributed by atoms with E-state index in [-0.39, 0.29) is 12.5 Å². The molecule has 2 N–H and O–H groups in total. The Labute approximate surface area is 128 Å². The lowest BCUT2D eigenvalue weighted by molar-refractivity contribution is -0.115. The maximum atomic E-state index is 11.8. The largest absolute Gasteiger partial charge is 0.481 e. The molecule has 2 rings (SSSR count). The van der Waals surface area contributed by atoms with Crippen molar-refractivity contribution in [2.45, 2.75) is 6.54 Å². The van der Waals surface area contributed by atoms with Gasteiger partial charge in [-0.25, -0.2) is 4.98 Å². The van der Waals surface area contributed by atoms with Crippen molar-refractivity contribution < 1.29 is 9.53 Å². The van der Waals surface area contributed by atoms with E-state index in [0.29, 0.717) is 23.1 Å².